The molecule has 26 heavy (non-hydrogen) atoms. The zero-order chi connectivity index (χ0) is 19.9. The van der Waals surface area contributed by atoms with Crippen molar-refractivity contribution < 1.29 is 23.6 Å². The first kappa shape index (κ1) is 28.3. The van der Waals surface area contributed by atoms with Crippen molar-refractivity contribution >= 4 is 7.82 Å². The number of hydrogen-bond acceptors (Lipinski definition) is 3. The fourth-order valence-corrected chi connectivity index (χ4v) is 3.05. The highest BCUT2D eigenvalue weighted by Crippen LogP contribution is 2.35. The molecule has 0 spiro atoms. The number of phosphoric ester groups is 1. The van der Waals surface area contributed by atoms with Gasteiger partial charge in [-0.25, -0.2) is 4.57 Å². The molecule has 6 heteroatoms. The first-order chi connectivity index (χ1) is 12.5. The van der Waals surface area contributed by atoms with Gasteiger partial charge in [0.1, 0.15) is 0 Å². The largest absolute Gasteiger partial charge is 0.469 e. The molecule has 160 valence electrons. The predicted molar refractivity (Wildman–Crippen MR) is 110 cm³/mol. The smallest absolute Gasteiger partial charge is 0.382 e. The van der Waals surface area contributed by atoms with E-state index in [1.165, 1.54) is 70.6 Å². The molecule has 0 aromatic rings. The van der Waals surface area contributed by atoms with Crippen LogP contribution in [0.2, 0.25) is 0 Å². The average molecular weight is 397 g/mol. The Kier molecular flexibility index (Phi) is 25.1. The lowest BCUT2D eigenvalue weighted by molar-refractivity contribution is 0.162. The van der Waals surface area contributed by atoms with Gasteiger partial charge in [0.25, 0.3) is 0 Å². The van der Waals surface area contributed by atoms with Crippen molar-refractivity contribution in [2.45, 2.75) is 111 Å². The Bertz CT molecular complexity index is 292. The minimum atomic E-state index is -4.25. The van der Waals surface area contributed by atoms with Gasteiger partial charge in [-0.05, 0) is 20.3 Å². The van der Waals surface area contributed by atoms with Crippen molar-refractivity contribution in [1.82, 2.24) is 0 Å². The Labute approximate surface area is 162 Å². The van der Waals surface area contributed by atoms with Crippen LogP contribution in [0.25, 0.3) is 0 Å². The molecule has 0 aromatic heterocycles. The number of ether oxygens (including phenoxy) is 1. The predicted octanol–water partition coefficient (Wildman–Crippen LogP) is 6.62. The fourth-order valence-electron chi connectivity index (χ4n) is 2.68. The molecule has 0 heterocycles. The summed E-state index contributed by atoms with van der Waals surface area (Å²) in [6, 6.07) is 0. The van der Waals surface area contributed by atoms with Gasteiger partial charge in [-0.15, -0.1) is 0 Å². The summed E-state index contributed by atoms with van der Waals surface area (Å²) in [6.45, 7) is 8.09. The zero-order valence-electron chi connectivity index (χ0n) is 17.6. The monoisotopic (exact) mass is 396 g/mol. The summed E-state index contributed by atoms with van der Waals surface area (Å²) in [4.78, 5) is 17.0. The summed E-state index contributed by atoms with van der Waals surface area (Å²) < 4.78 is 19.7. The van der Waals surface area contributed by atoms with Gasteiger partial charge in [-0.2, -0.15) is 0 Å². The molecular weight excluding hydrogens is 351 g/mol. The summed E-state index contributed by atoms with van der Waals surface area (Å²) in [5.41, 5.74) is 0. The van der Waals surface area contributed by atoms with Gasteiger partial charge in [0.2, 0.25) is 0 Å². The number of rotatable bonds is 18. The molecule has 0 amide bonds. The van der Waals surface area contributed by atoms with Crippen LogP contribution in [-0.2, 0) is 13.8 Å². The molecule has 0 unspecified atom stereocenters. The Morgan fingerprint density at radius 2 is 0.962 bits per heavy atom. The Balaban J connectivity index is 0. The minimum Gasteiger partial charge on any atom is -0.382 e. The number of hydrogen-bond donors (Lipinski definition) is 2. The van der Waals surface area contributed by atoms with Gasteiger partial charge in [-0.1, -0.05) is 90.4 Å². The summed E-state index contributed by atoms with van der Waals surface area (Å²) in [7, 11) is -4.25. The van der Waals surface area contributed by atoms with E-state index in [4.69, 9.17) is 14.5 Å². The third kappa shape index (κ3) is 31.8. The third-order valence-corrected chi connectivity index (χ3v) is 4.68. The molecule has 2 N–H and O–H groups in total. The van der Waals surface area contributed by atoms with Crippen LogP contribution in [0.5, 0.6) is 0 Å². The van der Waals surface area contributed by atoms with Crippen LogP contribution in [0.1, 0.15) is 111 Å². The first-order valence-corrected chi connectivity index (χ1v) is 12.3. The molecule has 0 fully saturated rings. The molecule has 0 radical (unpaired) electrons. The Hall–Kier alpha value is 0.0700. The van der Waals surface area contributed by atoms with Crippen LogP contribution in [0.15, 0.2) is 0 Å². The maximum atomic E-state index is 10.4. The van der Waals surface area contributed by atoms with Gasteiger partial charge < -0.3 is 14.5 Å². The lowest BCUT2D eigenvalue weighted by Gasteiger charge is -2.05. The van der Waals surface area contributed by atoms with E-state index in [-0.39, 0.29) is 6.61 Å². The summed E-state index contributed by atoms with van der Waals surface area (Å²) in [6.07, 6.45) is 17.8. The fraction of sp³-hybridized carbons (Fsp3) is 1.00. The van der Waals surface area contributed by atoms with E-state index in [0.29, 0.717) is 0 Å². The second-order valence-electron chi connectivity index (χ2n) is 6.70. The number of unbranched alkanes of at least 4 members (excludes halogenated alkanes) is 13. The van der Waals surface area contributed by atoms with Crippen LogP contribution in [-0.4, -0.2) is 29.6 Å². The van der Waals surface area contributed by atoms with E-state index in [2.05, 4.69) is 11.4 Å². The minimum absolute atomic E-state index is 0.169. The molecule has 0 aliphatic carbocycles. The molecule has 0 bridgehead atoms. The van der Waals surface area contributed by atoms with Crippen LogP contribution < -0.4 is 0 Å². The van der Waals surface area contributed by atoms with Gasteiger partial charge in [-0.3, -0.25) is 4.52 Å². The van der Waals surface area contributed by atoms with Crippen molar-refractivity contribution in [3.8, 4) is 0 Å². The number of phosphoric acid groups is 1. The van der Waals surface area contributed by atoms with E-state index in [0.717, 1.165) is 32.5 Å². The molecule has 0 aliphatic heterocycles. The highest BCUT2D eigenvalue weighted by Gasteiger charge is 2.12. The van der Waals surface area contributed by atoms with Crippen molar-refractivity contribution in [1.29, 1.82) is 0 Å². The van der Waals surface area contributed by atoms with Crippen molar-refractivity contribution in [2.75, 3.05) is 19.8 Å². The van der Waals surface area contributed by atoms with Crippen LogP contribution in [0.4, 0.5) is 0 Å². The Morgan fingerprint density at radius 1 is 0.615 bits per heavy atom. The van der Waals surface area contributed by atoms with Crippen LogP contribution in [0, 0.1) is 0 Å². The topological polar surface area (TPSA) is 76.0 Å². The van der Waals surface area contributed by atoms with Crippen molar-refractivity contribution in [3.63, 3.8) is 0 Å². The lowest BCUT2D eigenvalue weighted by atomic mass is 10.0. The average Bonchev–Trinajstić information content (AvgIpc) is 2.58. The molecule has 0 aromatic carbocycles. The van der Waals surface area contributed by atoms with E-state index in [1.54, 1.807) is 0 Å². The summed E-state index contributed by atoms with van der Waals surface area (Å²) >= 11 is 0. The lowest BCUT2D eigenvalue weighted by Crippen LogP contribution is -1.92. The van der Waals surface area contributed by atoms with Crippen LogP contribution >= 0.6 is 7.82 Å². The molecule has 0 rings (SSSR count). The quantitative estimate of drug-likeness (QED) is 0.201. The Morgan fingerprint density at radius 3 is 1.23 bits per heavy atom. The molecule has 0 saturated heterocycles. The third-order valence-electron chi connectivity index (χ3n) is 4.17. The highest BCUT2D eigenvalue weighted by molar-refractivity contribution is 7.46. The standard InChI is InChI=1S/C16H35O4P.C4H10O/c1-2-3-4-5-6-7-8-9-10-11-12-13-14-15-16-20-21(17,18)19;1-3-5-4-2/h2-16H2,1H3,(H2,17,18,19);3-4H2,1-2H3. The van der Waals surface area contributed by atoms with E-state index in [1.807, 2.05) is 13.8 Å². The van der Waals surface area contributed by atoms with E-state index >= 15 is 0 Å². The summed E-state index contributed by atoms with van der Waals surface area (Å²) in [5.74, 6) is 0. The van der Waals surface area contributed by atoms with Crippen molar-refractivity contribution in [2.24, 2.45) is 0 Å². The highest BCUT2D eigenvalue weighted by atomic mass is 31.2. The van der Waals surface area contributed by atoms with Gasteiger partial charge in [0, 0.05) is 13.2 Å². The van der Waals surface area contributed by atoms with Crippen molar-refractivity contribution in [3.05, 3.63) is 0 Å². The molecule has 5 nitrogen and oxygen atoms in total. The second kappa shape index (κ2) is 23.1. The zero-order valence-corrected chi connectivity index (χ0v) is 18.5. The maximum absolute atomic E-state index is 10.4. The summed E-state index contributed by atoms with van der Waals surface area (Å²) in [5, 5.41) is 0. The van der Waals surface area contributed by atoms with Gasteiger partial charge in [0.15, 0.2) is 0 Å². The normalized spacial score (nSPS) is 11.3. The first-order valence-electron chi connectivity index (χ1n) is 10.8. The molecule has 0 atom stereocenters. The molecule has 0 aliphatic rings. The molecule has 0 saturated carbocycles. The van der Waals surface area contributed by atoms with Gasteiger partial charge >= 0.3 is 7.82 Å². The van der Waals surface area contributed by atoms with E-state index < -0.39 is 7.82 Å². The maximum Gasteiger partial charge on any atom is 0.469 e. The molecular formula is C20H45O5P. The SMILES string of the molecule is CCCCCCCCCCCCCCCCOP(=O)(O)O.CCOCC. The second-order valence-corrected chi connectivity index (χ2v) is 7.94. The van der Waals surface area contributed by atoms with Crippen LogP contribution in [0.3, 0.4) is 0 Å². The van der Waals surface area contributed by atoms with E-state index in [9.17, 15) is 4.57 Å². The van der Waals surface area contributed by atoms with Gasteiger partial charge in [0.05, 0.1) is 6.61 Å².